The topological polar surface area (TPSA) is 87.0 Å². The highest BCUT2D eigenvalue weighted by Gasteiger charge is 2.21. The molecule has 100 valence electrons. The molecule has 0 atom stereocenters. The number of hydrogen-bond donors (Lipinski definition) is 1. The van der Waals surface area contributed by atoms with Crippen LogP contribution in [-0.2, 0) is 6.54 Å². The van der Waals surface area contributed by atoms with Crippen molar-refractivity contribution in [3.63, 3.8) is 0 Å². The lowest BCUT2D eigenvalue weighted by molar-refractivity contribution is -0.384. The Morgan fingerprint density at radius 3 is 2.68 bits per heavy atom. The third-order valence-corrected chi connectivity index (χ3v) is 3.09. The molecule has 6 nitrogen and oxygen atoms in total. The number of nitrogens with two attached hydrogens (primary N) is 1. The summed E-state index contributed by atoms with van der Waals surface area (Å²) in [5.74, 6) is 0. The Morgan fingerprint density at radius 2 is 2.05 bits per heavy atom. The normalized spacial score (nSPS) is 10.7. The molecule has 0 saturated heterocycles. The molecule has 2 N–H and O–H groups in total. The van der Waals surface area contributed by atoms with Crippen molar-refractivity contribution in [3.05, 3.63) is 45.8 Å². The van der Waals surface area contributed by atoms with Gasteiger partial charge >= 0.3 is 0 Å². The van der Waals surface area contributed by atoms with Gasteiger partial charge in [0.25, 0.3) is 5.69 Å². The Labute approximate surface area is 111 Å². The van der Waals surface area contributed by atoms with Crippen LogP contribution in [0.25, 0.3) is 11.1 Å². The second-order valence-electron chi connectivity index (χ2n) is 4.33. The van der Waals surface area contributed by atoms with Gasteiger partial charge in [0.15, 0.2) is 0 Å². The quantitative estimate of drug-likeness (QED) is 0.673. The molecular weight excluding hydrogens is 244 g/mol. The number of nitro groups is 1. The Morgan fingerprint density at radius 1 is 1.37 bits per heavy atom. The molecule has 2 rings (SSSR count). The lowest BCUT2D eigenvalue weighted by Gasteiger charge is -2.05. The van der Waals surface area contributed by atoms with E-state index < -0.39 is 0 Å². The fourth-order valence-electron chi connectivity index (χ4n) is 2.27. The summed E-state index contributed by atoms with van der Waals surface area (Å²) < 4.78 is 1.79. The van der Waals surface area contributed by atoms with Gasteiger partial charge in [0.1, 0.15) is 0 Å². The van der Waals surface area contributed by atoms with Crippen molar-refractivity contribution < 1.29 is 4.92 Å². The molecule has 0 amide bonds. The minimum Gasteiger partial charge on any atom is -0.329 e. The summed E-state index contributed by atoms with van der Waals surface area (Å²) in [5.41, 5.74) is 8.74. The Hall–Kier alpha value is -2.21. The van der Waals surface area contributed by atoms with Gasteiger partial charge in [-0.3, -0.25) is 14.8 Å². The highest BCUT2D eigenvalue weighted by molar-refractivity contribution is 5.76. The Balaban J connectivity index is 2.62. The molecule has 0 spiro atoms. The summed E-state index contributed by atoms with van der Waals surface area (Å²) >= 11 is 0. The molecule has 0 bridgehead atoms. The van der Waals surface area contributed by atoms with E-state index in [0.717, 1.165) is 17.0 Å². The lowest BCUT2D eigenvalue weighted by atomic mass is 10.0. The first-order chi connectivity index (χ1) is 9.06. The summed E-state index contributed by atoms with van der Waals surface area (Å²) in [4.78, 5) is 10.7. The van der Waals surface area contributed by atoms with E-state index in [1.165, 1.54) is 6.07 Å². The average molecular weight is 260 g/mol. The summed E-state index contributed by atoms with van der Waals surface area (Å²) in [6, 6.07) is 6.72. The minimum atomic E-state index is -0.367. The second kappa shape index (κ2) is 5.19. The largest absolute Gasteiger partial charge is 0.329 e. The van der Waals surface area contributed by atoms with Crippen molar-refractivity contribution in [1.29, 1.82) is 0 Å². The summed E-state index contributed by atoms with van der Waals surface area (Å²) in [6.45, 7) is 4.85. The molecule has 0 saturated carbocycles. The second-order valence-corrected chi connectivity index (χ2v) is 4.33. The number of nitro benzene ring substituents is 1. The standard InChI is InChI=1S/C13H16N4O2/c1-9-13(10(2)16(15-9)8-7-14)11-5-3-4-6-12(11)17(18)19/h3-6H,7-8,14H2,1-2H3. The van der Waals surface area contributed by atoms with Crippen molar-refractivity contribution in [2.75, 3.05) is 6.54 Å². The molecule has 6 heteroatoms. The number of hydrogen-bond acceptors (Lipinski definition) is 4. The fraction of sp³-hybridized carbons (Fsp3) is 0.308. The molecule has 0 aliphatic heterocycles. The van der Waals surface area contributed by atoms with Crippen LogP contribution in [0.15, 0.2) is 24.3 Å². The molecular formula is C13H16N4O2. The average Bonchev–Trinajstić information content (AvgIpc) is 2.65. The SMILES string of the molecule is Cc1nn(CCN)c(C)c1-c1ccccc1[N+](=O)[O-]. The molecule has 0 radical (unpaired) electrons. The van der Waals surface area contributed by atoms with Crippen LogP contribution < -0.4 is 5.73 Å². The lowest BCUT2D eigenvalue weighted by Crippen LogP contribution is -2.12. The van der Waals surface area contributed by atoms with E-state index in [1.807, 2.05) is 13.8 Å². The van der Waals surface area contributed by atoms with E-state index in [4.69, 9.17) is 5.73 Å². The summed E-state index contributed by atoms with van der Waals surface area (Å²) in [5, 5.41) is 15.5. The van der Waals surface area contributed by atoms with Crippen molar-refractivity contribution >= 4 is 5.69 Å². The zero-order valence-corrected chi connectivity index (χ0v) is 11.0. The number of aromatic nitrogens is 2. The number of aryl methyl sites for hydroxylation is 1. The van der Waals surface area contributed by atoms with E-state index in [0.29, 0.717) is 18.7 Å². The van der Waals surface area contributed by atoms with Gasteiger partial charge in [-0.05, 0) is 19.9 Å². The highest BCUT2D eigenvalue weighted by Crippen LogP contribution is 2.33. The van der Waals surface area contributed by atoms with Gasteiger partial charge in [0.2, 0.25) is 0 Å². The van der Waals surface area contributed by atoms with Gasteiger partial charge in [-0.15, -0.1) is 0 Å². The van der Waals surface area contributed by atoms with Crippen LogP contribution in [0.2, 0.25) is 0 Å². The first-order valence-electron chi connectivity index (χ1n) is 6.04. The molecule has 1 aromatic heterocycles. The molecule has 2 aromatic rings. The zero-order chi connectivity index (χ0) is 14.0. The third kappa shape index (κ3) is 2.34. The number of benzene rings is 1. The smallest absolute Gasteiger partial charge is 0.277 e. The molecule has 0 fully saturated rings. The van der Waals surface area contributed by atoms with E-state index in [2.05, 4.69) is 5.10 Å². The van der Waals surface area contributed by atoms with Gasteiger partial charge in [-0.2, -0.15) is 5.10 Å². The van der Waals surface area contributed by atoms with Crippen molar-refractivity contribution in [2.24, 2.45) is 5.73 Å². The van der Waals surface area contributed by atoms with Crippen LogP contribution in [0.5, 0.6) is 0 Å². The van der Waals surface area contributed by atoms with Gasteiger partial charge in [0, 0.05) is 23.9 Å². The van der Waals surface area contributed by atoms with Crippen molar-refractivity contribution in [3.8, 4) is 11.1 Å². The monoisotopic (exact) mass is 260 g/mol. The van der Waals surface area contributed by atoms with Gasteiger partial charge in [-0.25, -0.2) is 0 Å². The van der Waals surface area contributed by atoms with Crippen LogP contribution in [0.4, 0.5) is 5.69 Å². The van der Waals surface area contributed by atoms with Crippen molar-refractivity contribution in [2.45, 2.75) is 20.4 Å². The van der Waals surface area contributed by atoms with Crippen LogP contribution >= 0.6 is 0 Å². The van der Waals surface area contributed by atoms with E-state index >= 15 is 0 Å². The Kier molecular flexibility index (Phi) is 3.62. The predicted octanol–water partition coefficient (Wildman–Crippen LogP) is 2.03. The van der Waals surface area contributed by atoms with Crippen LogP contribution in [0.3, 0.4) is 0 Å². The molecule has 19 heavy (non-hydrogen) atoms. The predicted molar refractivity (Wildman–Crippen MR) is 72.8 cm³/mol. The summed E-state index contributed by atoms with van der Waals surface area (Å²) in [7, 11) is 0. The van der Waals surface area contributed by atoms with Crippen LogP contribution in [-0.4, -0.2) is 21.2 Å². The maximum atomic E-state index is 11.1. The Bertz CT molecular complexity index is 619. The minimum absolute atomic E-state index is 0.0981. The molecule has 1 heterocycles. The van der Waals surface area contributed by atoms with Gasteiger partial charge in [0.05, 0.1) is 22.7 Å². The van der Waals surface area contributed by atoms with Gasteiger partial charge < -0.3 is 5.73 Å². The first kappa shape index (κ1) is 13.2. The number of nitrogens with zero attached hydrogens (tertiary/aromatic N) is 3. The van der Waals surface area contributed by atoms with E-state index in [-0.39, 0.29) is 10.6 Å². The molecule has 0 aliphatic carbocycles. The molecule has 0 unspecified atom stereocenters. The van der Waals surface area contributed by atoms with E-state index in [9.17, 15) is 10.1 Å². The van der Waals surface area contributed by atoms with Gasteiger partial charge in [-0.1, -0.05) is 12.1 Å². The van der Waals surface area contributed by atoms with Crippen molar-refractivity contribution in [1.82, 2.24) is 9.78 Å². The molecule has 0 aliphatic rings. The first-order valence-corrected chi connectivity index (χ1v) is 6.04. The van der Waals surface area contributed by atoms with Crippen LogP contribution in [0.1, 0.15) is 11.4 Å². The zero-order valence-electron chi connectivity index (χ0n) is 11.0. The number of rotatable bonds is 4. The summed E-state index contributed by atoms with van der Waals surface area (Å²) in [6.07, 6.45) is 0. The highest BCUT2D eigenvalue weighted by atomic mass is 16.6. The molecule has 1 aromatic carbocycles. The number of para-hydroxylation sites is 1. The maximum absolute atomic E-state index is 11.1. The third-order valence-electron chi connectivity index (χ3n) is 3.09. The fourth-order valence-corrected chi connectivity index (χ4v) is 2.27. The van der Waals surface area contributed by atoms with Crippen LogP contribution in [0, 0.1) is 24.0 Å². The maximum Gasteiger partial charge on any atom is 0.277 e. The van der Waals surface area contributed by atoms with E-state index in [1.54, 1.807) is 22.9 Å².